The number of hydrogen-bond donors (Lipinski definition) is 1. The minimum atomic E-state index is -0.603. The van der Waals surface area contributed by atoms with Crippen molar-refractivity contribution in [2.24, 2.45) is 0 Å². The topological polar surface area (TPSA) is 29.5 Å². The molecule has 0 aliphatic rings. The normalized spacial score (nSPS) is 12.2. The van der Waals surface area contributed by atoms with E-state index < -0.39 is 6.10 Å². The number of aryl methyl sites for hydroxylation is 3. The average molecular weight is 270 g/mol. The van der Waals surface area contributed by atoms with Crippen LogP contribution in [0.25, 0.3) is 0 Å². The Bertz CT molecular complexity index is 582. The van der Waals surface area contributed by atoms with E-state index in [1.807, 2.05) is 45.0 Å². The Kier molecular flexibility index (Phi) is 4.46. The molecule has 2 aromatic rings. The van der Waals surface area contributed by atoms with Gasteiger partial charge in [0.25, 0.3) is 0 Å². The van der Waals surface area contributed by atoms with Gasteiger partial charge < -0.3 is 9.84 Å². The van der Waals surface area contributed by atoms with Gasteiger partial charge in [-0.3, -0.25) is 0 Å². The summed E-state index contributed by atoms with van der Waals surface area (Å²) >= 11 is 0. The van der Waals surface area contributed by atoms with E-state index in [1.54, 1.807) is 0 Å². The van der Waals surface area contributed by atoms with Gasteiger partial charge in [-0.1, -0.05) is 41.5 Å². The van der Waals surface area contributed by atoms with Crippen molar-refractivity contribution in [3.63, 3.8) is 0 Å². The maximum Gasteiger partial charge on any atom is 0.122 e. The van der Waals surface area contributed by atoms with E-state index in [9.17, 15) is 5.11 Å². The van der Waals surface area contributed by atoms with Crippen LogP contribution in [0.1, 0.15) is 33.9 Å². The third-order valence-corrected chi connectivity index (χ3v) is 3.58. The molecule has 1 atom stereocenters. The summed E-state index contributed by atoms with van der Waals surface area (Å²) in [6.45, 7) is 8.44. The molecular weight excluding hydrogens is 248 g/mol. The van der Waals surface area contributed by atoms with Crippen LogP contribution >= 0.6 is 0 Å². The molecule has 2 rings (SSSR count). The van der Waals surface area contributed by atoms with Crippen molar-refractivity contribution in [1.82, 2.24) is 0 Å². The van der Waals surface area contributed by atoms with Gasteiger partial charge >= 0.3 is 0 Å². The second-order valence-electron chi connectivity index (χ2n) is 5.45. The van der Waals surface area contributed by atoms with Gasteiger partial charge in [-0.25, -0.2) is 0 Å². The van der Waals surface area contributed by atoms with Gasteiger partial charge in [0, 0.05) is 0 Å². The Labute approximate surface area is 121 Å². The first-order valence-electron chi connectivity index (χ1n) is 6.92. The van der Waals surface area contributed by atoms with Gasteiger partial charge in [0.05, 0.1) is 0 Å². The van der Waals surface area contributed by atoms with E-state index >= 15 is 0 Å². The maximum absolute atomic E-state index is 10.3. The zero-order chi connectivity index (χ0) is 14.7. The molecule has 2 aromatic carbocycles. The Morgan fingerprint density at radius 1 is 1.00 bits per heavy atom. The molecule has 0 aliphatic carbocycles. The van der Waals surface area contributed by atoms with Crippen molar-refractivity contribution in [3.05, 3.63) is 64.2 Å². The predicted octanol–water partition coefficient (Wildman–Crippen LogP) is 4.03. The number of aliphatic hydroxyl groups is 1. The lowest BCUT2D eigenvalue weighted by atomic mass is 10.0. The standard InChI is InChI=1S/C18H22O2/c1-12-8-13(2)10-16(9-12)17(19)11-20-18-7-5-6-14(3)15(18)4/h5-10,17,19H,11H2,1-4H3. The van der Waals surface area contributed by atoms with Crippen LogP contribution in [0.3, 0.4) is 0 Å². The summed E-state index contributed by atoms with van der Waals surface area (Å²) in [6, 6.07) is 12.1. The van der Waals surface area contributed by atoms with Crippen molar-refractivity contribution in [1.29, 1.82) is 0 Å². The van der Waals surface area contributed by atoms with Crippen LogP contribution in [0.2, 0.25) is 0 Å². The van der Waals surface area contributed by atoms with Gasteiger partial charge in [0.1, 0.15) is 18.5 Å². The molecule has 1 N–H and O–H groups in total. The molecule has 0 aromatic heterocycles. The summed E-state index contributed by atoms with van der Waals surface area (Å²) in [5, 5.41) is 10.3. The van der Waals surface area contributed by atoms with Crippen LogP contribution < -0.4 is 4.74 Å². The fourth-order valence-corrected chi connectivity index (χ4v) is 2.35. The van der Waals surface area contributed by atoms with Crippen LogP contribution in [0.5, 0.6) is 5.75 Å². The number of ether oxygens (including phenoxy) is 1. The molecular formula is C18H22O2. The number of aliphatic hydroxyl groups excluding tert-OH is 1. The molecule has 0 saturated carbocycles. The summed E-state index contributed by atoms with van der Waals surface area (Å²) in [4.78, 5) is 0. The smallest absolute Gasteiger partial charge is 0.122 e. The number of hydrogen-bond acceptors (Lipinski definition) is 2. The molecule has 20 heavy (non-hydrogen) atoms. The highest BCUT2D eigenvalue weighted by Crippen LogP contribution is 2.23. The molecule has 0 heterocycles. The molecule has 0 amide bonds. The first-order valence-corrected chi connectivity index (χ1v) is 6.92. The lowest BCUT2D eigenvalue weighted by molar-refractivity contribution is 0.107. The Balaban J connectivity index is 2.08. The summed E-state index contributed by atoms with van der Waals surface area (Å²) in [5.41, 5.74) is 5.55. The third kappa shape index (κ3) is 3.40. The van der Waals surface area contributed by atoms with Gasteiger partial charge in [0.2, 0.25) is 0 Å². The molecule has 0 spiro atoms. The first-order chi connectivity index (χ1) is 9.47. The van der Waals surface area contributed by atoms with Crippen molar-refractivity contribution in [2.75, 3.05) is 6.61 Å². The Morgan fingerprint density at radius 3 is 2.30 bits per heavy atom. The number of benzene rings is 2. The van der Waals surface area contributed by atoms with Crippen molar-refractivity contribution >= 4 is 0 Å². The quantitative estimate of drug-likeness (QED) is 0.908. The lowest BCUT2D eigenvalue weighted by Gasteiger charge is -2.16. The summed E-state index contributed by atoms with van der Waals surface area (Å²) in [7, 11) is 0. The van der Waals surface area contributed by atoms with E-state index in [-0.39, 0.29) is 6.61 Å². The van der Waals surface area contributed by atoms with E-state index in [4.69, 9.17) is 4.74 Å². The second kappa shape index (κ2) is 6.10. The largest absolute Gasteiger partial charge is 0.490 e. The molecule has 0 radical (unpaired) electrons. The molecule has 0 aliphatic heterocycles. The predicted molar refractivity (Wildman–Crippen MR) is 82.3 cm³/mol. The lowest BCUT2D eigenvalue weighted by Crippen LogP contribution is -2.11. The van der Waals surface area contributed by atoms with Crippen LogP contribution in [0.4, 0.5) is 0 Å². The summed E-state index contributed by atoms with van der Waals surface area (Å²) < 4.78 is 5.76. The van der Waals surface area contributed by atoms with Crippen LogP contribution in [0, 0.1) is 27.7 Å². The fourth-order valence-electron chi connectivity index (χ4n) is 2.35. The monoisotopic (exact) mass is 270 g/mol. The molecule has 2 heteroatoms. The van der Waals surface area contributed by atoms with Gasteiger partial charge in [-0.05, 0) is 50.5 Å². The zero-order valence-corrected chi connectivity index (χ0v) is 12.6. The highest BCUT2D eigenvalue weighted by atomic mass is 16.5. The van der Waals surface area contributed by atoms with E-state index in [0.717, 1.165) is 28.0 Å². The molecule has 106 valence electrons. The molecule has 1 unspecified atom stereocenters. The number of rotatable bonds is 4. The van der Waals surface area contributed by atoms with Crippen molar-refractivity contribution < 1.29 is 9.84 Å². The molecule has 0 bridgehead atoms. The maximum atomic E-state index is 10.3. The molecule has 2 nitrogen and oxygen atoms in total. The molecule has 0 saturated heterocycles. The highest BCUT2D eigenvalue weighted by Gasteiger charge is 2.10. The Morgan fingerprint density at radius 2 is 1.65 bits per heavy atom. The SMILES string of the molecule is Cc1cc(C)cc(C(O)COc2cccc(C)c2C)c1. The van der Waals surface area contributed by atoms with E-state index in [0.29, 0.717) is 0 Å². The van der Waals surface area contributed by atoms with E-state index in [1.165, 1.54) is 5.56 Å². The van der Waals surface area contributed by atoms with Crippen molar-refractivity contribution in [3.8, 4) is 5.75 Å². The fraction of sp³-hybridized carbons (Fsp3) is 0.333. The van der Waals surface area contributed by atoms with Crippen LogP contribution in [0.15, 0.2) is 36.4 Å². The van der Waals surface area contributed by atoms with Crippen LogP contribution in [-0.4, -0.2) is 11.7 Å². The van der Waals surface area contributed by atoms with Gasteiger partial charge in [-0.15, -0.1) is 0 Å². The summed E-state index contributed by atoms with van der Waals surface area (Å²) in [5.74, 6) is 0.841. The summed E-state index contributed by atoms with van der Waals surface area (Å²) in [6.07, 6.45) is -0.603. The van der Waals surface area contributed by atoms with E-state index in [2.05, 4.69) is 19.1 Å². The Hall–Kier alpha value is -1.80. The van der Waals surface area contributed by atoms with Gasteiger partial charge in [0.15, 0.2) is 0 Å². The molecule has 0 fully saturated rings. The zero-order valence-electron chi connectivity index (χ0n) is 12.6. The first kappa shape index (κ1) is 14.6. The average Bonchev–Trinajstić information content (AvgIpc) is 2.39. The third-order valence-electron chi connectivity index (χ3n) is 3.58. The van der Waals surface area contributed by atoms with Crippen LogP contribution in [-0.2, 0) is 0 Å². The minimum absolute atomic E-state index is 0.271. The minimum Gasteiger partial charge on any atom is -0.490 e. The highest BCUT2D eigenvalue weighted by molar-refractivity contribution is 5.38. The second-order valence-corrected chi connectivity index (χ2v) is 5.45. The van der Waals surface area contributed by atoms with Crippen molar-refractivity contribution in [2.45, 2.75) is 33.8 Å². The van der Waals surface area contributed by atoms with Gasteiger partial charge in [-0.2, -0.15) is 0 Å².